The number of imidazole rings is 2. The first-order chi connectivity index (χ1) is 16.6. The highest BCUT2D eigenvalue weighted by Gasteiger charge is 2.23. The van der Waals surface area contributed by atoms with Gasteiger partial charge in [-0.1, -0.05) is 42.5 Å². The number of carbonyl (C=O) groups is 1. The van der Waals surface area contributed by atoms with Gasteiger partial charge in [-0.3, -0.25) is 14.9 Å². The molecule has 1 atom stereocenters. The number of hydrogen-bond donors (Lipinski definition) is 2. The van der Waals surface area contributed by atoms with Crippen LogP contribution in [0, 0.1) is 10.1 Å². The molecule has 9 nitrogen and oxygen atoms in total. The molecule has 0 fully saturated rings. The standard InChI is InChI=1S/C25H20N6O3/c32-25(18-10-11-22(23(15-18)31(33)34)30-13-12-26-16-30)29-21(14-17-6-2-1-3-7-17)24-27-19-8-4-5-9-20(19)28-24/h1-13,15-16,21H,14H2,(H,27,28)(H,29,32)/t21-/m1/s1. The molecular weight excluding hydrogens is 432 g/mol. The van der Waals surface area contributed by atoms with E-state index in [1.54, 1.807) is 18.3 Å². The predicted octanol–water partition coefficient (Wildman–Crippen LogP) is 4.37. The predicted molar refractivity (Wildman–Crippen MR) is 127 cm³/mol. The maximum absolute atomic E-state index is 13.2. The topological polar surface area (TPSA) is 119 Å². The molecule has 0 aliphatic carbocycles. The highest BCUT2D eigenvalue weighted by Crippen LogP contribution is 2.25. The summed E-state index contributed by atoms with van der Waals surface area (Å²) >= 11 is 0. The second-order valence-corrected chi connectivity index (χ2v) is 7.79. The molecule has 2 heterocycles. The van der Waals surface area contributed by atoms with Gasteiger partial charge in [0.15, 0.2) is 0 Å². The van der Waals surface area contributed by atoms with E-state index < -0.39 is 16.9 Å². The third kappa shape index (κ3) is 4.26. The number of nitro groups is 1. The first-order valence-electron chi connectivity index (χ1n) is 10.6. The van der Waals surface area contributed by atoms with Crippen molar-refractivity contribution in [2.75, 3.05) is 0 Å². The number of nitro benzene ring substituents is 1. The molecule has 0 spiro atoms. The Morgan fingerprint density at radius 3 is 2.62 bits per heavy atom. The fourth-order valence-electron chi connectivity index (χ4n) is 3.88. The Balaban J connectivity index is 1.47. The fraction of sp³-hybridized carbons (Fsp3) is 0.0800. The van der Waals surface area contributed by atoms with Crippen molar-refractivity contribution in [2.45, 2.75) is 12.5 Å². The highest BCUT2D eigenvalue weighted by molar-refractivity contribution is 5.95. The lowest BCUT2D eigenvalue weighted by molar-refractivity contribution is -0.384. The van der Waals surface area contributed by atoms with Crippen LogP contribution in [0.5, 0.6) is 0 Å². The SMILES string of the molecule is O=C(N[C@H](Cc1ccccc1)c1nc2ccccc2[nH]1)c1ccc(-n2ccnc2)c([N+](=O)[O-])c1. The summed E-state index contributed by atoms with van der Waals surface area (Å²) in [7, 11) is 0. The highest BCUT2D eigenvalue weighted by atomic mass is 16.6. The zero-order chi connectivity index (χ0) is 23.5. The number of nitrogens with one attached hydrogen (secondary N) is 2. The Kier molecular flexibility index (Phi) is 5.57. The van der Waals surface area contributed by atoms with Crippen molar-refractivity contribution in [3.63, 3.8) is 0 Å². The van der Waals surface area contributed by atoms with Gasteiger partial charge < -0.3 is 14.9 Å². The Morgan fingerprint density at radius 1 is 1.09 bits per heavy atom. The number of hydrogen-bond acceptors (Lipinski definition) is 5. The van der Waals surface area contributed by atoms with Gasteiger partial charge >= 0.3 is 0 Å². The number of para-hydroxylation sites is 2. The lowest BCUT2D eigenvalue weighted by Crippen LogP contribution is -2.30. The van der Waals surface area contributed by atoms with Crippen molar-refractivity contribution < 1.29 is 9.72 Å². The van der Waals surface area contributed by atoms with Gasteiger partial charge in [-0.15, -0.1) is 0 Å². The van der Waals surface area contributed by atoms with Crippen LogP contribution in [-0.2, 0) is 6.42 Å². The Morgan fingerprint density at radius 2 is 1.88 bits per heavy atom. The van der Waals surface area contributed by atoms with Gasteiger partial charge in [0.05, 0.1) is 28.3 Å². The number of H-pyrrole nitrogens is 1. The number of nitrogens with zero attached hydrogens (tertiary/aromatic N) is 4. The summed E-state index contributed by atoms with van der Waals surface area (Å²) in [5, 5.41) is 14.7. The maximum Gasteiger partial charge on any atom is 0.294 e. The lowest BCUT2D eigenvalue weighted by atomic mass is 10.0. The molecule has 9 heteroatoms. The smallest absolute Gasteiger partial charge is 0.294 e. The number of carbonyl (C=O) groups excluding carboxylic acids is 1. The number of benzene rings is 3. The number of aromatic nitrogens is 4. The van der Waals surface area contributed by atoms with Crippen LogP contribution in [-0.4, -0.2) is 30.3 Å². The van der Waals surface area contributed by atoms with Crippen molar-refractivity contribution >= 4 is 22.6 Å². The van der Waals surface area contributed by atoms with Gasteiger partial charge in [-0.05, 0) is 36.2 Å². The summed E-state index contributed by atoms with van der Waals surface area (Å²) in [6, 6.07) is 21.3. The second-order valence-electron chi connectivity index (χ2n) is 7.79. The minimum Gasteiger partial charge on any atom is -0.342 e. The van der Waals surface area contributed by atoms with E-state index in [-0.39, 0.29) is 11.3 Å². The van der Waals surface area contributed by atoms with Gasteiger partial charge in [0.1, 0.15) is 11.5 Å². The quantitative estimate of drug-likeness (QED) is 0.281. The van der Waals surface area contributed by atoms with E-state index in [1.807, 2.05) is 54.6 Å². The average Bonchev–Trinajstić information content (AvgIpc) is 3.54. The molecule has 5 rings (SSSR count). The minimum atomic E-state index is -0.507. The van der Waals surface area contributed by atoms with Crippen molar-refractivity contribution in [2.24, 2.45) is 0 Å². The van der Waals surface area contributed by atoms with Crippen molar-refractivity contribution in [3.05, 3.63) is 119 Å². The molecular formula is C25H20N6O3. The molecule has 5 aromatic rings. The first-order valence-corrected chi connectivity index (χ1v) is 10.6. The maximum atomic E-state index is 13.2. The minimum absolute atomic E-state index is 0.185. The third-order valence-corrected chi connectivity index (χ3v) is 5.54. The zero-order valence-corrected chi connectivity index (χ0v) is 18.0. The van der Waals surface area contributed by atoms with Crippen LogP contribution in [0.15, 0.2) is 91.5 Å². The molecule has 0 saturated carbocycles. The molecule has 0 bridgehead atoms. The van der Waals surface area contributed by atoms with Crippen LogP contribution < -0.4 is 5.32 Å². The monoisotopic (exact) mass is 452 g/mol. The normalized spacial score (nSPS) is 11.9. The molecule has 0 saturated heterocycles. The molecule has 0 aliphatic heterocycles. The fourth-order valence-corrected chi connectivity index (χ4v) is 3.88. The summed E-state index contributed by atoms with van der Waals surface area (Å²) < 4.78 is 1.53. The average molecular weight is 452 g/mol. The molecule has 0 radical (unpaired) electrons. The second kappa shape index (κ2) is 8.99. The molecule has 1 amide bonds. The van der Waals surface area contributed by atoms with Gasteiger partial charge in [0.2, 0.25) is 0 Å². The van der Waals surface area contributed by atoms with E-state index in [0.717, 1.165) is 16.6 Å². The van der Waals surface area contributed by atoms with E-state index >= 15 is 0 Å². The zero-order valence-electron chi connectivity index (χ0n) is 18.0. The van der Waals surface area contributed by atoms with E-state index in [2.05, 4.69) is 20.3 Å². The number of rotatable bonds is 7. The summed E-state index contributed by atoms with van der Waals surface area (Å²) in [6.45, 7) is 0. The lowest BCUT2D eigenvalue weighted by Gasteiger charge is -2.17. The number of fused-ring (bicyclic) bond motifs is 1. The molecule has 0 aliphatic rings. The summed E-state index contributed by atoms with van der Waals surface area (Å²) in [5.74, 6) is 0.185. The number of aromatic amines is 1. The van der Waals surface area contributed by atoms with Crippen molar-refractivity contribution in [1.82, 2.24) is 24.8 Å². The van der Waals surface area contributed by atoms with E-state index in [0.29, 0.717) is 17.9 Å². The van der Waals surface area contributed by atoms with Crippen LogP contribution >= 0.6 is 0 Å². The Hall–Kier alpha value is -4.79. The van der Waals surface area contributed by atoms with Gasteiger partial charge in [0.25, 0.3) is 11.6 Å². The molecule has 2 aromatic heterocycles. The van der Waals surface area contributed by atoms with Crippen LogP contribution in [0.25, 0.3) is 16.7 Å². The van der Waals surface area contributed by atoms with Crippen molar-refractivity contribution in [1.29, 1.82) is 0 Å². The molecule has 34 heavy (non-hydrogen) atoms. The molecule has 0 unspecified atom stereocenters. The van der Waals surface area contributed by atoms with E-state index in [4.69, 9.17) is 0 Å². The van der Waals surface area contributed by atoms with Crippen LogP contribution in [0.4, 0.5) is 5.69 Å². The summed E-state index contributed by atoms with van der Waals surface area (Å²) in [6.07, 6.45) is 5.12. The van der Waals surface area contributed by atoms with Crippen LogP contribution in [0.3, 0.4) is 0 Å². The van der Waals surface area contributed by atoms with Gasteiger partial charge in [-0.25, -0.2) is 9.97 Å². The molecule has 3 aromatic carbocycles. The Labute approximate surface area is 194 Å². The third-order valence-electron chi connectivity index (χ3n) is 5.54. The van der Waals surface area contributed by atoms with Gasteiger partial charge in [0, 0.05) is 24.0 Å². The number of amides is 1. The molecule has 2 N–H and O–H groups in total. The van der Waals surface area contributed by atoms with E-state index in [9.17, 15) is 14.9 Å². The molecule has 168 valence electrons. The van der Waals surface area contributed by atoms with Gasteiger partial charge in [-0.2, -0.15) is 0 Å². The van der Waals surface area contributed by atoms with Crippen molar-refractivity contribution in [3.8, 4) is 5.69 Å². The summed E-state index contributed by atoms with van der Waals surface area (Å²) in [4.78, 5) is 36.3. The Bertz CT molecular complexity index is 1430. The van der Waals surface area contributed by atoms with E-state index in [1.165, 1.54) is 23.2 Å². The summed E-state index contributed by atoms with van der Waals surface area (Å²) in [5.41, 5.74) is 3.01. The largest absolute Gasteiger partial charge is 0.342 e. The first kappa shape index (κ1) is 21.1. The van der Waals surface area contributed by atoms with Crippen LogP contribution in [0.2, 0.25) is 0 Å². The van der Waals surface area contributed by atoms with Crippen LogP contribution in [0.1, 0.15) is 27.8 Å².